The van der Waals surface area contributed by atoms with Crippen LogP contribution < -0.4 is 5.73 Å². The van der Waals surface area contributed by atoms with Crippen molar-refractivity contribution in [3.05, 3.63) is 23.7 Å². The van der Waals surface area contributed by atoms with Crippen molar-refractivity contribution in [1.29, 1.82) is 0 Å². The van der Waals surface area contributed by atoms with Crippen molar-refractivity contribution in [2.24, 2.45) is 5.73 Å². The van der Waals surface area contributed by atoms with Crippen LogP contribution in [0, 0.1) is 6.92 Å². The van der Waals surface area contributed by atoms with E-state index in [-0.39, 0.29) is 6.04 Å². The second-order valence-electron chi connectivity index (χ2n) is 4.92. The van der Waals surface area contributed by atoms with Crippen LogP contribution in [0.2, 0.25) is 0 Å². The lowest BCUT2D eigenvalue weighted by Gasteiger charge is -2.30. The van der Waals surface area contributed by atoms with E-state index in [9.17, 15) is 0 Å². The van der Waals surface area contributed by atoms with Crippen LogP contribution in [0.15, 0.2) is 16.5 Å². The van der Waals surface area contributed by atoms with Crippen LogP contribution in [-0.2, 0) is 4.74 Å². The number of aryl methyl sites for hydroxylation is 1. The number of hydrogen-bond acceptors (Lipinski definition) is 4. The van der Waals surface area contributed by atoms with E-state index in [4.69, 9.17) is 14.9 Å². The van der Waals surface area contributed by atoms with Gasteiger partial charge >= 0.3 is 0 Å². The Hall–Kier alpha value is -0.840. The van der Waals surface area contributed by atoms with Gasteiger partial charge in [-0.15, -0.1) is 0 Å². The third kappa shape index (κ3) is 3.13. The van der Waals surface area contributed by atoms with Crippen molar-refractivity contribution in [2.75, 3.05) is 26.2 Å². The molecule has 0 amide bonds. The molecule has 0 spiro atoms. The van der Waals surface area contributed by atoms with E-state index >= 15 is 0 Å². The first kappa shape index (κ1) is 13.6. The van der Waals surface area contributed by atoms with E-state index in [1.807, 2.05) is 19.1 Å². The number of rotatable bonds is 6. The monoisotopic (exact) mass is 252 g/mol. The molecule has 2 N–H and O–H groups in total. The summed E-state index contributed by atoms with van der Waals surface area (Å²) in [6, 6.07) is 4.19. The second-order valence-corrected chi connectivity index (χ2v) is 4.92. The first-order valence-electron chi connectivity index (χ1n) is 6.86. The molecule has 0 aliphatic carbocycles. The summed E-state index contributed by atoms with van der Waals surface area (Å²) in [5.74, 6) is 1.91. The van der Waals surface area contributed by atoms with Crippen molar-refractivity contribution in [3.8, 4) is 0 Å². The predicted molar refractivity (Wildman–Crippen MR) is 71.5 cm³/mol. The molecule has 0 radical (unpaired) electrons. The Bertz CT molecular complexity index is 358. The molecule has 2 rings (SSSR count). The molecule has 1 fully saturated rings. The Morgan fingerprint density at radius 3 is 2.83 bits per heavy atom. The van der Waals surface area contributed by atoms with Crippen LogP contribution in [0.5, 0.6) is 0 Å². The number of hydrogen-bond donors (Lipinski definition) is 1. The van der Waals surface area contributed by atoms with Gasteiger partial charge in [-0.25, -0.2) is 0 Å². The highest BCUT2D eigenvalue weighted by Gasteiger charge is 2.25. The topological polar surface area (TPSA) is 51.6 Å². The van der Waals surface area contributed by atoms with Gasteiger partial charge in [0.25, 0.3) is 0 Å². The van der Waals surface area contributed by atoms with Gasteiger partial charge in [0.1, 0.15) is 11.5 Å². The fourth-order valence-corrected chi connectivity index (χ4v) is 2.60. The highest BCUT2D eigenvalue weighted by atomic mass is 16.5. The number of furan rings is 1. The minimum atomic E-state index is 0.160. The molecule has 4 nitrogen and oxygen atoms in total. The van der Waals surface area contributed by atoms with Crippen molar-refractivity contribution < 1.29 is 9.15 Å². The average molecular weight is 252 g/mol. The number of ether oxygens (including phenoxy) is 1. The largest absolute Gasteiger partial charge is 0.465 e. The van der Waals surface area contributed by atoms with Crippen LogP contribution >= 0.6 is 0 Å². The molecule has 102 valence electrons. The summed E-state index contributed by atoms with van der Waals surface area (Å²) in [5.41, 5.74) is 5.92. The molecular weight excluding hydrogens is 228 g/mol. The molecule has 0 aromatic carbocycles. The Morgan fingerprint density at radius 2 is 2.33 bits per heavy atom. The van der Waals surface area contributed by atoms with Gasteiger partial charge in [-0.05, 0) is 38.4 Å². The zero-order valence-corrected chi connectivity index (χ0v) is 11.4. The van der Waals surface area contributed by atoms with E-state index in [1.54, 1.807) is 0 Å². The zero-order chi connectivity index (χ0) is 13.0. The second kappa shape index (κ2) is 6.36. The summed E-state index contributed by atoms with van der Waals surface area (Å²) in [5, 5.41) is 0. The highest BCUT2D eigenvalue weighted by molar-refractivity contribution is 5.10. The Kier molecular flexibility index (Phi) is 4.80. The van der Waals surface area contributed by atoms with Gasteiger partial charge in [0, 0.05) is 19.7 Å². The smallest absolute Gasteiger partial charge is 0.122 e. The number of likely N-dealkylation sites (N-methyl/N-ethyl adjacent to an activating group) is 1. The third-order valence-electron chi connectivity index (χ3n) is 3.62. The van der Waals surface area contributed by atoms with Crippen molar-refractivity contribution in [1.82, 2.24) is 4.90 Å². The third-order valence-corrected chi connectivity index (χ3v) is 3.62. The van der Waals surface area contributed by atoms with Crippen molar-refractivity contribution in [2.45, 2.75) is 38.8 Å². The first-order valence-corrected chi connectivity index (χ1v) is 6.86. The van der Waals surface area contributed by atoms with Crippen LogP contribution in [-0.4, -0.2) is 37.2 Å². The summed E-state index contributed by atoms with van der Waals surface area (Å²) < 4.78 is 11.4. The van der Waals surface area contributed by atoms with E-state index in [0.29, 0.717) is 12.6 Å². The number of nitrogens with two attached hydrogens (primary N) is 1. The predicted octanol–water partition coefficient (Wildman–Crippen LogP) is 2.09. The zero-order valence-electron chi connectivity index (χ0n) is 11.4. The maximum Gasteiger partial charge on any atom is 0.122 e. The molecule has 2 unspecified atom stereocenters. The molecule has 1 aromatic heterocycles. The van der Waals surface area contributed by atoms with Crippen LogP contribution in [0.3, 0.4) is 0 Å². The van der Waals surface area contributed by atoms with Crippen LogP contribution in [0.4, 0.5) is 0 Å². The highest BCUT2D eigenvalue weighted by Crippen LogP contribution is 2.24. The van der Waals surface area contributed by atoms with Gasteiger partial charge in [0.05, 0.1) is 12.1 Å². The fourth-order valence-electron chi connectivity index (χ4n) is 2.60. The van der Waals surface area contributed by atoms with E-state index in [0.717, 1.165) is 37.6 Å². The lowest BCUT2D eigenvalue weighted by atomic mass is 10.1. The standard InChI is InChI=1S/C14H24N2O2/c1-3-16(10-12-5-4-8-17-12)13(9-15)14-7-6-11(2)18-14/h6-7,12-13H,3-5,8-10,15H2,1-2H3. The molecule has 2 heterocycles. The van der Waals surface area contributed by atoms with Gasteiger partial charge in [-0.3, -0.25) is 4.90 Å². The maximum atomic E-state index is 5.92. The molecule has 1 aromatic rings. The molecule has 0 bridgehead atoms. The van der Waals surface area contributed by atoms with Crippen LogP contribution in [0.25, 0.3) is 0 Å². The minimum Gasteiger partial charge on any atom is -0.465 e. The Morgan fingerprint density at radius 1 is 1.50 bits per heavy atom. The van der Waals surface area contributed by atoms with Gasteiger partial charge in [0.2, 0.25) is 0 Å². The molecule has 1 aliphatic rings. The quantitative estimate of drug-likeness (QED) is 0.842. The van der Waals surface area contributed by atoms with Gasteiger partial charge in [-0.1, -0.05) is 6.92 Å². The van der Waals surface area contributed by atoms with Crippen molar-refractivity contribution in [3.63, 3.8) is 0 Å². The first-order chi connectivity index (χ1) is 8.74. The SMILES string of the molecule is CCN(CC1CCCO1)C(CN)c1ccc(C)o1. The van der Waals surface area contributed by atoms with Gasteiger partial charge in [0.15, 0.2) is 0 Å². The summed E-state index contributed by atoms with van der Waals surface area (Å²) in [6.07, 6.45) is 2.69. The normalized spacial score (nSPS) is 21.7. The van der Waals surface area contributed by atoms with Crippen LogP contribution in [0.1, 0.15) is 37.3 Å². The summed E-state index contributed by atoms with van der Waals surface area (Å²) in [7, 11) is 0. The van der Waals surface area contributed by atoms with E-state index in [1.165, 1.54) is 6.42 Å². The summed E-state index contributed by atoms with van der Waals surface area (Å²) >= 11 is 0. The number of nitrogens with zero attached hydrogens (tertiary/aromatic N) is 1. The maximum absolute atomic E-state index is 5.92. The minimum absolute atomic E-state index is 0.160. The lowest BCUT2D eigenvalue weighted by Crippen LogP contribution is -2.38. The molecule has 0 saturated carbocycles. The Balaban J connectivity index is 2.03. The van der Waals surface area contributed by atoms with E-state index < -0.39 is 0 Å². The molecule has 1 saturated heterocycles. The summed E-state index contributed by atoms with van der Waals surface area (Å²) in [6.45, 7) is 7.50. The lowest BCUT2D eigenvalue weighted by molar-refractivity contribution is 0.0560. The summed E-state index contributed by atoms with van der Waals surface area (Å²) in [4.78, 5) is 2.36. The average Bonchev–Trinajstić information content (AvgIpc) is 3.01. The molecule has 1 aliphatic heterocycles. The molecule has 18 heavy (non-hydrogen) atoms. The molecule has 4 heteroatoms. The molecule has 2 atom stereocenters. The fraction of sp³-hybridized carbons (Fsp3) is 0.714. The molecular formula is C14H24N2O2. The van der Waals surface area contributed by atoms with Gasteiger partial charge in [-0.2, -0.15) is 0 Å². The Labute approximate surface area is 109 Å². The van der Waals surface area contributed by atoms with Gasteiger partial charge < -0.3 is 14.9 Å². The van der Waals surface area contributed by atoms with E-state index in [2.05, 4.69) is 11.8 Å². The van der Waals surface area contributed by atoms with Crippen molar-refractivity contribution >= 4 is 0 Å².